The van der Waals surface area contributed by atoms with Crippen LogP contribution >= 0.6 is 0 Å². The highest BCUT2D eigenvalue weighted by Crippen LogP contribution is 2.08. The number of amides is 1. The summed E-state index contributed by atoms with van der Waals surface area (Å²) in [6.45, 7) is 1.86. The van der Waals surface area contributed by atoms with E-state index in [1.165, 1.54) is 21.1 Å². The minimum atomic E-state index is -0.267. The van der Waals surface area contributed by atoms with Gasteiger partial charge in [-0.3, -0.25) is 10.1 Å². The van der Waals surface area contributed by atoms with E-state index in [0.717, 1.165) is 0 Å². The summed E-state index contributed by atoms with van der Waals surface area (Å²) in [6, 6.07) is 0. The summed E-state index contributed by atoms with van der Waals surface area (Å²) in [5.41, 5.74) is 0. The fourth-order valence-corrected chi connectivity index (χ4v) is 1.02. The van der Waals surface area contributed by atoms with Gasteiger partial charge in [-0.2, -0.15) is 15.0 Å². The van der Waals surface area contributed by atoms with Crippen LogP contribution in [0.5, 0.6) is 0 Å². The third-order valence-electron chi connectivity index (χ3n) is 1.67. The minimum Gasteiger partial charge on any atom is -0.364 e. The predicted octanol–water partition coefficient (Wildman–Crippen LogP) is -0.138. The lowest BCUT2D eigenvalue weighted by molar-refractivity contribution is -0.114. The molecule has 0 radical (unpaired) electrons. The molecule has 0 unspecified atom stereocenters. The smallest absolute Gasteiger partial charge is 0.236 e. The summed E-state index contributed by atoms with van der Waals surface area (Å²) in [6.07, 6.45) is 0. The molecule has 100 valence electrons. The number of rotatable bonds is 7. The van der Waals surface area contributed by atoms with Gasteiger partial charge in [-0.15, -0.1) is 0 Å². The number of hydrogen-bond acceptors (Lipinski definition) is 8. The Morgan fingerprint density at radius 1 is 1.00 bits per heavy atom. The Balaban J connectivity index is 2.84. The maximum atomic E-state index is 11.0. The van der Waals surface area contributed by atoms with Crippen molar-refractivity contribution >= 4 is 23.8 Å². The van der Waals surface area contributed by atoms with E-state index in [-0.39, 0.29) is 37.2 Å². The molecule has 0 saturated carbocycles. The van der Waals surface area contributed by atoms with E-state index in [0.29, 0.717) is 0 Å². The maximum Gasteiger partial charge on any atom is 0.236 e. The zero-order valence-corrected chi connectivity index (χ0v) is 10.5. The highest BCUT2D eigenvalue weighted by Gasteiger charge is 2.07. The molecule has 3 N–H and O–H groups in total. The molecule has 0 spiro atoms. The van der Waals surface area contributed by atoms with Gasteiger partial charge in [0.1, 0.15) is 13.5 Å². The molecule has 0 fully saturated rings. The Morgan fingerprint density at radius 2 is 1.44 bits per heavy atom. The number of carbonyl (C=O) groups is 1. The van der Waals surface area contributed by atoms with Crippen molar-refractivity contribution < 1.29 is 14.3 Å². The van der Waals surface area contributed by atoms with Gasteiger partial charge in [0.2, 0.25) is 23.8 Å². The number of nitrogens with one attached hydrogen (secondary N) is 3. The zero-order valence-electron chi connectivity index (χ0n) is 10.5. The summed E-state index contributed by atoms with van der Waals surface area (Å²) in [5, 5.41) is 8.09. The highest BCUT2D eigenvalue weighted by atomic mass is 16.5. The van der Waals surface area contributed by atoms with Crippen molar-refractivity contribution in [3.05, 3.63) is 0 Å². The molecule has 9 heteroatoms. The second kappa shape index (κ2) is 7.35. The van der Waals surface area contributed by atoms with Crippen LogP contribution in [0.15, 0.2) is 0 Å². The monoisotopic (exact) mass is 256 g/mol. The molecule has 0 saturated heterocycles. The number of hydrogen-bond donors (Lipinski definition) is 3. The molecule has 9 nitrogen and oxygen atoms in total. The van der Waals surface area contributed by atoms with Crippen molar-refractivity contribution in [2.75, 3.05) is 43.6 Å². The minimum absolute atomic E-state index is 0.148. The Morgan fingerprint density at radius 3 is 1.83 bits per heavy atom. The summed E-state index contributed by atoms with van der Waals surface area (Å²) in [7, 11) is 3.07. The largest absolute Gasteiger partial charge is 0.364 e. The van der Waals surface area contributed by atoms with Gasteiger partial charge >= 0.3 is 0 Å². The molecule has 0 aliphatic heterocycles. The summed E-state index contributed by atoms with van der Waals surface area (Å²) in [5.74, 6) is 0.453. The predicted molar refractivity (Wildman–Crippen MR) is 65.1 cm³/mol. The lowest BCUT2D eigenvalue weighted by Gasteiger charge is -2.09. The van der Waals surface area contributed by atoms with Crippen LogP contribution in [0.4, 0.5) is 17.8 Å². The summed E-state index contributed by atoms with van der Waals surface area (Å²) < 4.78 is 9.69. The molecule has 0 bridgehead atoms. The van der Waals surface area contributed by atoms with Crippen LogP contribution < -0.4 is 16.0 Å². The molecule has 1 aromatic rings. The van der Waals surface area contributed by atoms with Crippen molar-refractivity contribution in [1.29, 1.82) is 0 Å². The quantitative estimate of drug-likeness (QED) is 0.578. The number of methoxy groups -OCH3 is 2. The van der Waals surface area contributed by atoms with Crippen LogP contribution in [-0.4, -0.2) is 48.5 Å². The van der Waals surface area contributed by atoms with Gasteiger partial charge in [0.05, 0.1) is 0 Å². The van der Waals surface area contributed by atoms with Crippen molar-refractivity contribution in [1.82, 2.24) is 15.0 Å². The Hall–Kier alpha value is -2.00. The van der Waals surface area contributed by atoms with Gasteiger partial charge in [0.25, 0.3) is 0 Å². The van der Waals surface area contributed by atoms with E-state index in [4.69, 9.17) is 9.47 Å². The van der Waals surface area contributed by atoms with Crippen molar-refractivity contribution in [3.63, 3.8) is 0 Å². The zero-order chi connectivity index (χ0) is 13.4. The van der Waals surface area contributed by atoms with Crippen LogP contribution in [0.2, 0.25) is 0 Å². The lowest BCUT2D eigenvalue weighted by atomic mass is 10.7. The fraction of sp³-hybridized carbons (Fsp3) is 0.556. The van der Waals surface area contributed by atoms with Crippen LogP contribution in [0, 0.1) is 0 Å². The first-order valence-corrected chi connectivity index (χ1v) is 5.15. The van der Waals surface area contributed by atoms with E-state index < -0.39 is 0 Å². The summed E-state index contributed by atoms with van der Waals surface area (Å²) in [4.78, 5) is 23.0. The average molecular weight is 256 g/mol. The van der Waals surface area contributed by atoms with E-state index >= 15 is 0 Å². The Kier molecular flexibility index (Phi) is 5.74. The highest BCUT2D eigenvalue weighted by molar-refractivity contribution is 5.86. The van der Waals surface area contributed by atoms with Gasteiger partial charge in [-0.05, 0) is 0 Å². The number of carbonyl (C=O) groups excluding carboxylic acids is 1. The maximum absolute atomic E-state index is 11.0. The standard InChI is InChI=1S/C9H16N6O3/c1-6(16)12-9-14-7(10-4-17-2)13-8(15-9)11-5-18-3/h4-5H2,1-3H3,(H3,10,11,12,13,14,15,16). The normalized spacial score (nSPS) is 9.94. The average Bonchev–Trinajstić information content (AvgIpc) is 2.33. The number of ether oxygens (including phenoxy) is 2. The van der Waals surface area contributed by atoms with Crippen LogP contribution in [0.3, 0.4) is 0 Å². The first-order valence-electron chi connectivity index (χ1n) is 5.15. The van der Waals surface area contributed by atoms with Crippen LogP contribution in [0.25, 0.3) is 0 Å². The molecule has 0 aliphatic rings. The van der Waals surface area contributed by atoms with E-state index in [2.05, 4.69) is 30.9 Å². The topological polar surface area (TPSA) is 110 Å². The lowest BCUT2D eigenvalue weighted by Crippen LogP contribution is -2.16. The van der Waals surface area contributed by atoms with Gasteiger partial charge in [0, 0.05) is 21.1 Å². The molecule has 1 amide bonds. The SMILES string of the molecule is COCNc1nc(NCOC)nc(NC(C)=O)n1. The number of nitrogens with zero attached hydrogens (tertiary/aromatic N) is 3. The summed E-state index contributed by atoms with van der Waals surface area (Å²) >= 11 is 0. The molecule has 1 aromatic heterocycles. The van der Waals surface area contributed by atoms with Crippen molar-refractivity contribution in [2.24, 2.45) is 0 Å². The van der Waals surface area contributed by atoms with Crippen molar-refractivity contribution in [2.45, 2.75) is 6.92 Å². The molecule has 1 rings (SSSR count). The third-order valence-corrected chi connectivity index (χ3v) is 1.67. The van der Waals surface area contributed by atoms with Gasteiger partial charge in [-0.1, -0.05) is 0 Å². The van der Waals surface area contributed by atoms with E-state index in [1.54, 1.807) is 0 Å². The van der Waals surface area contributed by atoms with Crippen LogP contribution in [0.1, 0.15) is 6.92 Å². The molecule has 0 atom stereocenters. The molecule has 0 aromatic carbocycles. The van der Waals surface area contributed by atoms with Gasteiger partial charge in [-0.25, -0.2) is 0 Å². The Bertz CT molecular complexity index is 374. The molecule has 0 aliphatic carbocycles. The van der Waals surface area contributed by atoms with Gasteiger partial charge < -0.3 is 20.1 Å². The second-order valence-corrected chi connectivity index (χ2v) is 3.21. The van der Waals surface area contributed by atoms with E-state index in [1.807, 2.05) is 0 Å². The number of anilines is 3. The second-order valence-electron chi connectivity index (χ2n) is 3.21. The molecular weight excluding hydrogens is 240 g/mol. The first-order chi connectivity index (χ1) is 8.65. The van der Waals surface area contributed by atoms with E-state index in [9.17, 15) is 4.79 Å². The fourth-order valence-electron chi connectivity index (χ4n) is 1.02. The first kappa shape index (κ1) is 14.1. The van der Waals surface area contributed by atoms with Crippen molar-refractivity contribution in [3.8, 4) is 0 Å². The van der Waals surface area contributed by atoms with Gasteiger partial charge in [0.15, 0.2) is 0 Å². The third kappa shape index (κ3) is 4.89. The molecular formula is C9H16N6O3. The molecule has 18 heavy (non-hydrogen) atoms. The van der Waals surface area contributed by atoms with Crippen LogP contribution in [-0.2, 0) is 14.3 Å². The molecule has 1 heterocycles. The number of aromatic nitrogens is 3. The Labute approximate surface area is 104 Å².